The lowest BCUT2D eigenvalue weighted by atomic mass is 10.2. The minimum atomic E-state index is -3.78. The smallest absolute Gasteiger partial charge is 0.269 e. The highest BCUT2D eigenvalue weighted by atomic mass is 35.5. The maximum atomic E-state index is 12.8. The van der Waals surface area contributed by atoms with Crippen molar-refractivity contribution < 1.29 is 13.2 Å². The van der Waals surface area contributed by atoms with Crippen molar-refractivity contribution in [3.05, 3.63) is 58.9 Å². The van der Waals surface area contributed by atoms with Crippen molar-refractivity contribution >= 4 is 38.9 Å². The van der Waals surface area contributed by atoms with Crippen LogP contribution in [0.1, 0.15) is 16.1 Å². The second-order valence-electron chi connectivity index (χ2n) is 4.75. The molecule has 0 atom stereocenters. The molecule has 3 aromatic rings. The molecule has 0 saturated heterocycles. The quantitative estimate of drug-likeness (QED) is 0.690. The Morgan fingerprint density at radius 1 is 1.23 bits per heavy atom. The molecule has 7 heteroatoms. The number of aryl methyl sites for hydroxylation is 1. The number of carbonyl (C=O) groups excluding carboxylic acids is 1. The molecule has 0 aliphatic rings. The number of nitrogens with zero attached hydrogens (tertiary/aromatic N) is 2. The molecule has 1 aromatic carbocycles. The minimum Gasteiger partial charge on any atom is -0.298 e. The highest BCUT2D eigenvalue weighted by Gasteiger charge is 2.23. The van der Waals surface area contributed by atoms with Crippen LogP contribution in [0, 0.1) is 6.92 Å². The van der Waals surface area contributed by atoms with Crippen molar-refractivity contribution in [2.75, 3.05) is 0 Å². The van der Waals surface area contributed by atoms with Crippen LogP contribution in [0.25, 0.3) is 11.0 Å². The molecule has 0 bridgehead atoms. The number of aldehydes is 1. The predicted molar refractivity (Wildman–Crippen MR) is 83.9 cm³/mol. The summed E-state index contributed by atoms with van der Waals surface area (Å²) in [6.45, 7) is 1.65. The van der Waals surface area contributed by atoms with E-state index < -0.39 is 10.0 Å². The third-order valence-corrected chi connectivity index (χ3v) is 5.56. The first-order valence-corrected chi connectivity index (χ1v) is 8.21. The Bertz CT molecular complexity index is 979. The van der Waals surface area contributed by atoms with Gasteiger partial charge >= 0.3 is 0 Å². The molecule has 0 amide bonds. The Balaban J connectivity index is 2.35. The summed E-state index contributed by atoms with van der Waals surface area (Å²) >= 11 is 6.14. The zero-order valence-electron chi connectivity index (χ0n) is 11.5. The molecule has 0 spiro atoms. The Morgan fingerprint density at radius 2 is 1.91 bits per heavy atom. The average Bonchev–Trinajstić information content (AvgIpc) is 2.86. The van der Waals surface area contributed by atoms with Gasteiger partial charge in [0.1, 0.15) is 0 Å². The lowest BCUT2D eigenvalue weighted by molar-refractivity contribution is 0.112. The first-order chi connectivity index (χ1) is 10.5. The van der Waals surface area contributed by atoms with Gasteiger partial charge in [-0.2, -0.15) is 0 Å². The van der Waals surface area contributed by atoms with Crippen molar-refractivity contribution in [1.82, 2.24) is 8.96 Å². The zero-order chi connectivity index (χ0) is 15.9. The number of pyridine rings is 1. The van der Waals surface area contributed by atoms with Crippen molar-refractivity contribution in [1.29, 1.82) is 0 Å². The summed E-state index contributed by atoms with van der Waals surface area (Å²) in [5.41, 5.74) is 0.900. The van der Waals surface area contributed by atoms with E-state index >= 15 is 0 Å². The topological polar surface area (TPSA) is 69.0 Å². The Labute approximate surface area is 132 Å². The predicted octanol–water partition coefficient (Wildman–Crippen LogP) is 3.05. The highest BCUT2D eigenvalue weighted by Crippen LogP contribution is 2.30. The average molecular weight is 335 g/mol. The van der Waals surface area contributed by atoms with Crippen molar-refractivity contribution in [2.24, 2.45) is 0 Å². The van der Waals surface area contributed by atoms with Crippen molar-refractivity contribution in [3.8, 4) is 0 Å². The van der Waals surface area contributed by atoms with Crippen LogP contribution < -0.4 is 0 Å². The van der Waals surface area contributed by atoms with Gasteiger partial charge in [-0.3, -0.25) is 4.79 Å². The molecular weight excluding hydrogens is 324 g/mol. The number of rotatable bonds is 3. The summed E-state index contributed by atoms with van der Waals surface area (Å²) in [6, 6.07) is 9.69. The highest BCUT2D eigenvalue weighted by molar-refractivity contribution is 7.90. The molecule has 0 radical (unpaired) electrons. The number of halogens is 1. The largest absolute Gasteiger partial charge is 0.298 e. The van der Waals surface area contributed by atoms with E-state index in [0.717, 1.165) is 3.97 Å². The molecule has 112 valence electrons. The van der Waals surface area contributed by atoms with Crippen molar-refractivity contribution in [2.45, 2.75) is 11.8 Å². The molecule has 0 aliphatic carbocycles. The van der Waals surface area contributed by atoms with E-state index in [1.54, 1.807) is 31.2 Å². The van der Waals surface area contributed by atoms with Crippen LogP contribution in [0.15, 0.2) is 47.5 Å². The molecule has 0 aliphatic heterocycles. The number of carbonyl (C=O) groups is 1. The van der Waals surface area contributed by atoms with Gasteiger partial charge in [0.25, 0.3) is 10.0 Å². The molecule has 22 heavy (non-hydrogen) atoms. The van der Waals surface area contributed by atoms with E-state index in [4.69, 9.17) is 11.6 Å². The SMILES string of the molecule is Cc1cc2c(Cl)c(C=O)cnc2n1S(=O)(=O)c1ccccc1. The number of hydrogen-bond acceptors (Lipinski definition) is 4. The summed E-state index contributed by atoms with van der Waals surface area (Å²) in [5, 5.41) is 0.633. The summed E-state index contributed by atoms with van der Waals surface area (Å²) in [7, 11) is -3.78. The van der Waals surface area contributed by atoms with E-state index in [9.17, 15) is 13.2 Å². The van der Waals surface area contributed by atoms with Crippen LogP contribution in [0.3, 0.4) is 0 Å². The number of fused-ring (bicyclic) bond motifs is 1. The molecule has 3 rings (SSSR count). The lowest BCUT2D eigenvalue weighted by Crippen LogP contribution is -2.14. The van der Waals surface area contributed by atoms with Crippen molar-refractivity contribution in [3.63, 3.8) is 0 Å². The first kappa shape index (κ1) is 14.7. The van der Waals surface area contributed by atoms with E-state index in [-0.39, 0.29) is 21.1 Å². The monoisotopic (exact) mass is 334 g/mol. The summed E-state index contributed by atoms with van der Waals surface area (Å²) in [4.78, 5) is 15.2. The van der Waals surface area contributed by atoms with Crippen LogP contribution in [-0.2, 0) is 10.0 Å². The van der Waals surface area contributed by atoms with Gasteiger partial charge in [-0.15, -0.1) is 0 Å². The van der Waals surface area contributed by atoms with Gasteiger partial charge in [-0.1, -0.05) is 29.8 Å². The number of benzene rings is 1. The Morgan fingerprint density at radius 3 is 2.55 bits per heavy atom. The minimum absolute atomic E-state index is 0.160. The molecule has 2 heterocycles. The fourth-order valence-corrected chi connectivity index (χ4v) is 4.07. The van der Waals surface area contributed by atoms with E-state index in [1.165, 1.54) is 18.3 Å². The number of aromatic nitrogens is 2. The molecule has 0 fully saturated rings. The Hall–Kier alpha value is -2.18. The van der Waals surface area contributed by atoms with Crippen LogP contribution >= 0.6 is 11.6 Å². The Kier molecular flexibility index (Phi) is 3.50. The van der Waals surface area contributed by atoms with Crippen LogP contribution in [-0.4, -0.2) is 23.7 Å². The molecular formula is C15H11ClN2O3S. The molecule has 0 unspecified atom stereocenters. The maximum absolute atomic E-state index is 12.8. The van der Waals surface area contributed by atoms with Gasteiger partial charge in [0, 0.05) is 17.3 Å². The molecule has 5 nitrogen and oxygen atoms in total. The van der Waals surface area contributed by atoms with E-state index in [1.807, 2.05) is 0 Å². The summed E-state index contributed by atoms with van der Waals surface area (Å²) in [6.07, 6.45) is 1.86. The van der Waals surface area contributed by atoms with Gasteiger partial charge in [0.2, 0.25) is 0 Å². The normalized spacial score (nSPS) is 11.7. The fourth-order valence-electron chi connectivity index (χ4n) is 2.32. The second kappa shape index (κ2) is 5.23. The van der Waals surface area contributed by atoms with Gasteiger partial charge in [0.15, 0.2) is 11.9 Å². The second-order valence-corrected chi connectivity index (χ2v) is 6.92. The molecule has 0 N–H and O–H groups in total. The van der Waals surface area contributed by atoms with Gasteiger partial charge in [-0.05, 0) is 25.1 Å². The maximum Gasteiger partial charge on any atom is 0.269 e. The van der Waals surface area contributed by atoms with Crippen LogP contribution in [0.5, 0.6) is 0 Å². The number of hydrogen-bond donors (Lipinski definition) is 0. The van der Waals surface area contributed by atoms with Gasteiger partial charge in [0.05, 0.1) is 15.5 Å². The van der Waals surface area contributed by atoms with Gasteiger partial charge < -0.3 is 0 Å². The lowest BCUT2D eigenvalue weighted by Gasteiger charge is -2.09. The van der Waals surface area contributed by atoms with Crippen LogP contribution in [0.2, 0.25) is 5.02 Å². The fraction of sp³-hybridized carbons (Fsp3) is 0.0667. The first-order valence-electron chi connectivity index (χ1n) is 6.39. The molecule has 2 aromatic heterocycles. The molecule has 0 saturated carbocycles. The van der Waals surface area contributed by atoms with E-state index in [2.05, 4.69) is 4.98 Å². The zero-order valence-corrected chi connectivity index (χ0v) is 13.1. The van der Waals surface area contributed by atoms with Crippen LogP contribution in [0.4, 0.5) is 0 Å². The third kappa shape index (κ3) is 2.12. The summed E-state index contributed by atoms with van der Waals surface area (Å²) < 4.78 is 26.7. The third-order valence-electron chi connectivity index (χ3n) is 3.33. The van der Waals surface area contributed by atoms with Gasteiger partial charge in [-0.25, -0.2) is 17.4 Å². The summed E-state index contributed by atoms with van der Waals surface area (Å²) in [5.74, 6) is 0. The standard InChI is InChI=1S/C15H11ClN2O3S/c1-10-7-13-14(16)11(9-19)8-17-15(13)18(10)22(20,21)12-5-3-2-4-6-12/h2-9H,1H3. The van der Waals surface area contributed by atoms with E-state index in [0.29, 0.717) is 17.4 Å².